The van der Waals surface area contributed by atoms with E-state index >= 15 is 0 Å². The van der Waals surface area contributed by atoms with E-state index in [2.05, 4.69) is 110 Å². The molecule has 13 heteroatoms. The molecule has 0 aliphatic rings. The zero-order valence-corrected chi connectivity index (χ0v) is 38.3. The Morgan fingerprint density at radius 2 is 0.968 bits per heavy atom. The van der Waals surface area contributed by atoms with Crippen LogP contribution in [0.5, 0.6) is 0 Å². The van der Waals surface area contributed by atoms with E-state index in [4.69, 9.17) is 24.8 Å². The Labute approximate surface area is 377 Å². The predicted molar refractivity (Wildman–Crippen MR) is 254 cm³/mol. The summed E-state index contributed by atoms with van der Waals surface area (Å²) in [6, 6.07) is -1.57. The van der Waals surface area contributed by atoms with Gasteiger partial charge >= 0.3 is 25.7 Å². The lowest BCUT2D eigenvalue weighted by Gasteiger charge is -2.20. The van der Waals surface area contributed by atoms with Gasteiger partial charge in [0.1, 0.15) is 12.6 Å². The van der Waals surface area contributed by atoms with Crippen molar-refractivity contribution in [3.8, 4) is 0 Å². The van der Waals surface area contributed by atoms with E-state index in [0.29, 0.717) is 19.3 Å². The highest BCUT2D eigenvalue weighted by Gasteiger charge is 2.28. The average Bonchev–Trinajstić information content (AvgIpc) is 3.26. The van der Waals surface area contributed by atoms with Crippen molar-refractivity contribution in [2.24, 2.45) is 5.73 Å². The van der Waals surface area contributed by atoms with Gasteiger partial charge in [-0.25, -0.2) is 4.57 Å². The molecule has 63 heavy (non-hydrogen) atoms. The molecule has 0 radical (unpaired) electrons. The van der Waals surface area contributed by atoms with Crippen LogP contribution in [-0.4, -0.2) is 71.1 Å². The molecule has 5 N–H and O–H groups in total. The van der Waals surface area contributed by atoms with Crippen LogP contribution in [0.25, 0.3) is 0 Å². The molecule has 0 aromatic heterocycles. The van der Waals surface area contributed by atoms with Crippen molar-refractivity contribution in [3.63, 3.8) is 0 Å². The van der Waals surface area contributed by atoms with Crippen LogP contribution in [0.2, 0.25) is 0 Å². The van der Waals surface area contributed by atoms with Gasteiger partial charge in [-0.05, 0) is 83.5 Å². The van der Waals surface area contributed by atoms with Crippen LogP contribution in [0.3, 0.4) is 0 Å². The Morgan fingerprint density at radius 1 is 0.556 bits per heavy atom. The minimum Gasteiger partial charge on any atom is -0.480 e. The first kappa shape index (κ1) is 58.3. The van der Waals surface area contributed by atoms with Crippen LogP contribution in [0.15, 0.2) is 146 Å². The number of ether oxygens (including phenoxy) is 2. The number of aliphatic hydroxyl groups is 1. The van der Waals surface area contributed by atoms with Crippen LogP contribution >= 0.6 is 7.82 Å². The molecule has 12 nitrogen and oxygen atoms in total. The monoisotopic (exact) mass is 895 g/mol. The Balaban J connectivity index is 4.72. The average molecular weight is 896 g/mol. The topological polar surface area (TPSA) is 192 Å². The molecule has 2 unspecified atom stereocenters. The van der Waals surface area contributed by atoms with Crippen LogP contribution in [0, 0.1) is 0 Å². The summed E-state index contributed by atoms with van der Waals surface area (Å²) in [4.78, 5) is 46.0. The standard InChI is InChI=1S/C50H74NO11P/c1-3-5-7-9-11-13-15-17-18-19-20-21-22-24-26-28-30-32-36-40-48(53)59-42-46(43-60-63(57,58)61-44-47(51)50(55)56)62-49(54)41-37-33-35-39-45(52)38-34-31-29-27-25-23-16-14-12-10-8-6-4-2/h5-8,11-14,17-18,20-21,23-26,29-35,38,45-47,52H,3-4,9-10,15-16,19,22,27-28,36-37,39-44,51H2,1-2H3,(H,55,56)(H,57,58)/b7-5-,8-6-,13-11-,14-12-,18-17-,21-20-,25-23-,26-24-,31-29-,32-30-,35-33-,38-34-/t45?,46-,47+/m1/s1. The number of nitrogens with two attached hydrogens (primary N) is 1. The van der Waals surface area contributed by atoms with Gasteiger partial charge in [0, 0.05) is 12.8 Å². The molecule has 0 aromatic rings. The predicted octanol–water partition coefficient (Wildman–Crippen LogP) is 10.9. The van der Waals surface area contributed by atoms with Gasteiger partial charge in [0.15, 0.2) is 6.10 Å². The van der Waals surface area contributed by atoms with Gasteiger partial charge in [0.2, 0.25) is 0 Å². The van der Waals surface area contributed by atoms with Crippen LogP contribution in [0.4, 0.5) is 0 Å². The molecule has 0 saturated carbocycles. The molecule has 0 saturated heterocycles. The van der Waals surface area contributed by atoms with E-state index < -0.39 is 63.8 Å². The second-order valence-corrected chi connectivity index (χ2v) is 15.4. The molecule has 0 aromatic carbocycles. The van der Waals surface area contributed by atoms with E-state index in [9.17, 15) is 28.9 Å². The highest BCUT2D eigenvalue weighted by Crippen LogP contribution is 2.43. The third kappa shape index (κ3) is 42.4. The summed E-state index contributed by atoms with van der Waals surface area (Å²) in [5.41, 5.74) is 5.32. The highest BCUT2D eigenvalue weighted by atomic mass is 31.2. The molecule has 0 aliphatic heterocycles. The number of phosphoric ester groups is 1. The Hall–Kier alpha value is -4.68. The molecule has 0 bridgehead atoms. The summed E-state index contributed by atoms with van der Waals surface area (Å²) in [5.74, 6) is -2.72. The molecule has 350 valence electrons. The van der Waals surface area contributed by atoms with Crippen molar-refractivity contribution in [2.75, 3.05) is 19.8 Å². The summed E-state index contributed by atoms with van der Waals surface area (Å²) in [6.07, 6.45) is 56.8. The summed E-state index contributed by atoms with van der Waals surface area (Å²) in [6.45, 7) is 2.28. The summed E-state index contributed by atoms with van der Waals surface area (Å²) >= 11 is 0. The summed E-state index contributed by atoms with van der Waals surface area (Å²) < 4.78 is 32.5. The highest BCUT2D eigenvalue weighted by molar-refractivity contribution is 7.47. The number of phosphoric acid groups is 1. The minimum absolute atomic E-state index is 0.0493. The number of aliphatic carboxylic acids is 1. The maximum Gasteiger partial charge on any atom is 0.472 e. The number of aliphatic hydroxyl groups excluding tert-OH is 1. The van der Waals surface area contributed by atoms with Crippen molar-refractivity contribution in [3.05, 3.63) is 146 Å². The zero-order chi connectivity index (χ0) is 46.5. The van der Waals surface area contributed by atoms with E-state index in [1.54, 1.807) is 24.3 Å². The van der Waals surface area contributed by atoms with Crippen LogP contribution in [-0.2, 0) is 37.5 Å². The number of carboxylic acids is 1. The van der Waals surface area contributed by atoms with E-state index in [0.717, 1.165) is 57.8 Å². The minimum atomic E-state index is -4.80. The maximum atomic E-state index is 12.6. The molecule has 0 aliphatic carbocycles. The largest absolute Gasteiger partial charge is 0.480 e. The number of allylic oxidation sites excluding steroid dienone is 22. The van der Waals surface area contributed by atoms with Crippen molar-refractivity contribution >= 4 is 25.7 Å². The summed E-state index contributed by atoms with van der Waals surface area (Å²) in [7, 11) is -4.80. The van der Waals surface area contributed by atoms with Crippen molar-refractivity contribution < 1.29 is 52.6 Å². The second kappa shape index (κ2) is 42.6. The lowest BCUT2D eigenvalue weighted by Crippen LogP contribution is -2.34. The van der Waals surface area contributed by atoms with E-state index in [-0.39, 0.29) is 19.3 Å². The van der Waals surface area contributed by atoms with Gasteiger partial charge in [0.25, 0.3) is 0 Å². The van der Waals surface area contributed by atoms with Crippen molar-refractivity contribution in [2.45, 2.75) is 128 Å². The van der Waals surface area contributed by atoms with E-state index in [1.165, 1.54) is 0 Å². The molecule has 0 heterocycles. The number of carboxylic acid groups (broad SMARTS) is 1. The number of hydrogen-bond donors (Lipinski definition) is 4. The van der Waals surface area contributed by atoms with Gasteiger partial charge in [-0.1, -0.05) is 160 Å². The maximum absolute atomic E-state index is 12.6. The lowest BCUT2D eigenvalue weighted by atomic mass is 10.2. The van der Waals surface area contributed by atoms with Gasteiger partial charge in [-0.2, -0.15) is 0 Å². The zero-order valence-electron chi connectivity index (χ0n) is 37.4. The number of carbonyl (C=O) groups excluding carboxylic acids is 2. The first-order valence-electron chi connectivity index (χ1n) is 22.0. The molecule has 0 amide bonds. The third-order valence-electron chi connectivity index (χ3n) is 8.19. The Kier molecular flexibility index (Phi) is 39.4. The molecule has 4 atom stereocenters. The number of hydrogen-bond acceptors (Lipinski definition) is 10. The first-order chi connectivity index (χ1) is 30.5. The fourth-order valence-corrected chi connectivity index (χ4v) is 5.56. The second-order valence-electron chi connectivity index (χ2n) is 13.9. The van der Waals surface area contributed by atoms with Crippen LogP contribution < -0.4 is 5.73 Å². The Morgan fingerprint density at radius 3 is 1.44 bits per heavy atom. The smallest absolute Gasteiger partial charge is 0.472 e. The van der Waals surface area contributed by atoms with Gasteiger partial charge < -0.3 is 30.3 Å². The van der Waals surface area contributed by atoms with E-state index in [1.807, 2.05) is 30.4 Å². The number of carbonyl (C=O) groups is 3. The molecular formula is C50H74NO11P. The first-order valence-corrected chi connectivity index (χ1v) is 23.5. The number of rotatable bonds is 38. The fraction of sp³-hybridized carbons (Fsp3) is 0.460. The lowest BCUT2D eigenvalue weighted by molar-refractivity contribution is -0.161. The molecule has 0 spiro atoms. The molecule has 0 fully saturated rings. The van der Waals surface area contributed by atoms with Gasteiger partial charge in [0.05, 0.1) is 19.3 Å². The summed E-state index contributed by atoms with van der Waals surface area (Å²) in [5, 5.41) is 19.1. The third-order valence-corrected chi connectivity index (χ3v) is 9.14. The normalized spacial score (nSPS) is 15.5. The van der Waals surface area contributed by atoms with Gasteiger partial charge in [-0.15, -0.1) is 0 Å². The fourth-order valence-electron chi connectivity index (χ4n) is 4.79. The molecular weight excluding hydrogens is 822 g/mol. The quantitative estimate of drug-likeness (QED) is 0.0199. The SMILES string of the molecule is CC/C=C\C/C=C\C/C=C\C/C=C\C=C/C(O)C/C=C\CCC(=O)O[C@H](COC(=O)CC/C=C\C/C=C\C/C=C\C/C=C\C/C=C\C/C=C\CC)COP(=O)(O)OC[C@H](N)C(=O)O. The molecule has 0 rings (SSSR count). The van der Waals surface area contributed by atoms with Gasteiger partial charge in [-0.3, -0.25) is 23.4 Å². The Bertz CT molecular complexity index is 1630. The van der Waals surface area contributed by atoms with Crippen molar-refractivity contribution in [1.82, 2.24) is 0 Å². The van der Waals surface area contributed by atoms with Crippen molar-refractivity contribution in [1.29, 1.82) is 0 Å². The number of esters is 2. The van der Waals surface area contributed by atoms with Crippen LogP contribution in [0.1, 0.15) is 110 Å².